The molecule has 0 aliphatic heterocycles. The third kappa shape index (κ3) is 2.30. The SMILES string of the molecule is CCOC(=O)Cn1ccn2nc(-c3ccccc3)cc12. The number of ether oxygens (including phenoxy) is 1. The zero-order valence-corrected chi connectivity index (χ0v) is 11.2. The molecule has 0 fully saturated rings. The fourth-order valence-corrected chi connectivity index (χ4v) is 2.16. The van der Waals surface area contributed by atoms with Crippen molar-refractivity contribution in [1.82, 2.24) is 14.2 Å². The van der Waals surface area contributed by atoms with Gasteiger partial charge >= 0.3 is 5.97 Å². The Morgan fingerprint density at radius 3 is 2.80 bits per heavy atom. The van der Waals surface area contributed by atoms with Crippen molar-refractivity contribution in [1.29, 1.82) is 0 Å². The van der Waals surface area contributed by atoms with Crippen LogP contribution in [-0.4, -0.2) is 26.8 Å². The van der Waals surface area contributed by atoms with Gasteiger partial charge in [-0.25, -0.2) is 4.52 Å². The zero-order chi connectivity index (χ0) is 13.9. The molecule has 0 amide bonds. The molecule has 0 unspecified atom stereocenters. The van der Waals surface area contributed by atoms with E-state index in [4.69, 9.17) is 4.74 Å². The minimum atomic E-state index is -0.243. The highest BCUT2D eigenvalue weighted by molar-refractivity contribution is 5.71. The minimum Gasteiger partial charge on any atom is -0.465 e. The van der Waals surface area contributed by atoms with Gasteiger partial charge in [0.2, 0.25) is 0 Å². The van der Waals surface area contributed by atoms with Crippen LogP contribution in [0.4, 0.5) is 0 Å². The smallest absolute Gasteiger partial charge is 0.325 e. The molecule has 0 radical (unpaired) electrons. The Morgan fingerprint density at radius 2 is 2.05 bits per heavy atom. The summed E-state index contributed by atoms with van der Waals surface area (Å²) in [6.07, 6.45) is 3.66. The standard InChI is InChI=1S/C15H15N3O2/c1-2-20-15(19)11-17-8-9-18-14(17)10-13(16-18)12-6-4-3-5-7-12/h3-10H,2,11H2,1H3. The molecule has 0 atom stereocenters. The first-order valence-corrected chi connectivity index (χ1v) is 6.53. The van der Waals surface area contributed by atoms with Crippen LogP contribution < -0.4 is 0 Å². The Labute approximate surface area is 116 Å². The molecule has 0 bridgehead atoms. The lowest BCUT2D eigenvalue weighted by Gasteiger charge is -2.02. The largest absolute Gasteiger partial charge is 0.465 e. The lowest BCUT2D eigenvalue weighted by atomic mass is 10.2. The summed E-state index contributed by atoms with van der Waals surface area (Å²) >= 11 is 0. The molecule has 0 saturated carbocycles. The molecule has 3 aromatic rings. The number of rotatable bonds is 4. The van der Waals surface area contributed by atoms with Crippen molar-refractivity contribution in [3.63, 3.8) is 0 Å². The molecule has 5 nitrogen and oxygen atoms in total. The van der Waals surface area contributed by atoms with Crippen LogP contribution in [-0.2, 0) is 16.1 Å². The molecule has 20 heavy (non-hydrogen) atoms. The first-order chi connectivity index (χ1) is 9.78. The summed E-state index contributed by atoms with van der Waals surface area (Å²) in [5.74, 6) is -0.243. The predicted octanol–water partition coefficient (Wildman–Crippen LogP) is 2.37. The number of imidazole rings is 1. The molecule has 3 rings (SSSR count). The number of carbonyl (C=O) groups is 1. The average Bonchev–Trinajstić information content (AvgIpc) is 3.02. The molecule has 0 saturated heterocycles. The van der Waals surface area contributed by atoms with E-state index in [0.29, 0.717) is 6.61 Å². The number of carbonyl (C=O) groups excluding carboxylic acids is 1. The summed E-state index contributed by atoms with van der Waals surface area (Å²) in [6.45, 7) is 2.39. The normalized spacial score (nSPS) is 10.8. The Bertz CT molecular complexity index is 728. The molecular formula is C15H15N3O2. The number of benzene rings is 1. The van der Waals surface area contributed by atoms with Crippen molar-refractivity contribution < 1.29 is 9.53 Å². The molecule has 5 heteroatoms. The van der Waals surface area contributed by atoms with Crippen molar-refractivity contribution in [2.24, 2.45) is 0 Å². The molecule has 1 aromatic carbocycles. The van der Waals surface area contributed by atoms with Gasteiger partial charge in [0.1, 0.15) is 12.2 Å². The van der Waals surface area contributed by atoms with Gasteiger partial charge in [-0.15, -0.1) is 0 Å². The van der Waals surface area contributed by atoms with Crippen LogP contribution in [0.5, 0.6) is 0 Å². The maximum Gasteiger partial charge on any atom is 0.325 e. The second-order valence-corrected chi connectivity index (χ2v) is 4.43. The molecule has 0 aliphatic carbocycles. The summed E-state index contributed by atoms with van der Waals surface area (Å²) in [5, 5.41) is 4.50. The Kier molecular flexibility index (Phi) is 3.25. The first-order valence-electron chi connectivity index (χ1n) is 6.53. The van der Waals surface area contributed by atoms with Crippen molar-refractivity contribution in [3.8, 4) is 11.3 Å². The third-order valence-corrected chi connectivity index (χ3v) is 3.07. The van der Waals surface area contributed by atoms with Gasteiger partial charge in [0.25, 0.3) is 0 Å². The molecular weight excluding hydrogens is 254 g/mol. The van der Waals surface area contributed by atoms with E-state index >= 15 is 0 Å². The van der Waals surface area contributed by atoms with E-state index in [1.165, 1.54) is 0 Å². The zero-order valence-electron chi connectivity index (χ0n) is 11.2. The van der Waals surface area contributed by atoms with E-state index in [-0.39, 0.29) is 12.5 Å². The van der Waals surface area contributed by atoms with Gasteiger partial charge in [0, 0.05) is 24.0 Å². The maximum atomic E-state index is 11.6. The first kappa shape index (κ1) is 12.5. The van der Waals surface area contributed by atoms with Crippen molar-refractivity contribution in [2.75, 3.05) is 6.61 Å². The molecule has 102 valence electrons. The van der Waals surface area contributed by atoms with Crippen LogP contribution in [0, 0.1) is 0 Å². The molecule has 0 N–H and O–H groups in total. The molecule has 2 aromatic heterocycles. The number of nitrogens with zero attached hydrogens (tertiary/aromatic N) is 3. The Hall–Kier alpha value is -2.56. The summed E-state index contributed by atoms with van der Waals surface area (Å²) in [6, 6.07) is 11.9. The second-order valence-electron chi connectivity index (χ2n) is 4.43. The van der Waals surface area contributed by atoms with E-state index in [1.807, 2.05) is 53.4 Å². The monoisotopic (exact) mass is 269 g/mol. The Morgan fingerprint density at radius 1 is 1.25 bits per heavy atom. The van der Waals surface area contributed by atoms with E-state index in [2.05, 4.69) is 5.10 Å². The van der Waals surface area contributed by atoms with E-state index in [9.17, 15) is 4.79 Å². The molecule has 0 spiro atoms. The fraction of sp³-hybridized carbons (Fsp3) is 0.200. The quantitative estimate of drug-likeness (QED) is 0.683. The summed E-state index contributed by atoms with van der Waals surface area (Å²) < 4.78 is 8.56. The van der Waals surface area contributed by atoms with Gasteiger partial charge < -0.3 is 9.30 Å². The van der Waals surface area contributed by atoms with Crippen LogP contribution in [0.3, 0.4) is 0 Å². The summed E-state index contributed by atoms with van der Waals surface area (Å²) in [5.41, 5.74) is 2.81. The second kappa shape index (κ2) is 5.21. The van der Waals surface area contributed by atoms with Gasteiger partial charge in [0.15, 0.2) is 0 Å². The van der Waals surface area contributed by atoms with Crippen LogP contribution in [0.1, 0.15) is 6.92 Å². The number of hydrogen-bond donors (Lipinski definition) is 0. The van der Waals surface area contributed by atoms with Crippen LogP contribution >= 0.6 is 0 Å². The number of fused-ring (bicyclic) bond motifs is 1. The predicted molar refractivity (Wildman–Crippen MR) is 75.3 cm³/mol. The highest BCUT2D eigenvalue weighted by Crippen LogP contribution is 2.19. The average molecular weight is 269 g/mol. The Balaban J connectivity index is 1.93. The van der Waals surface area contributed by atoms with E-state index in [0.717, 1.165) is 16.9 Å². The van der Waals surface area contributed by atoms with Crippen LogP contribution in [0.15, 0.2) is 48.8 Å². The maximum absolute atomic E-state index is 11.6. The van der Waals surface area contributed by atoms with Gasteiger partial charge in [0.05, 0.1) is 12.3 Å². The van der Waals surface area contributed by atoms with Gasteiger partial charge in [-0.2, -0.15) is 5.10 Å². The van der Waals surface area contributed by atoms with Gasteiger partial charge in [-0.3, -0.25) is 4.79 Å². The molecule has 2 heterocycles. The van der Waals surface area contributed by atoms with E-state index < -0.39 is 0 Å². The number of aromatic nitrogens is 3. The van der Waals surface area contributed by atoms with Gasteiger partial charge in [-0.05, 0) is 6.92 Å². The highest BCUT2D eigenvalue weighted by atomic mass is 16.5. The van der Waals surface area contributed by atoms with Gasteiger partial charge in [-0.1, -0.05) is 30.3 Å². The third-order valence-electron chi connectivity index (χ3n) is 3.07. The van der Waals surface area contributed by atoms with Crippen molar-refractivity contribution in [2.45, 2.75) is 13.5 Å². The van der Waals surface area contributed by atoms with Crippen molar-refractivity contribution >= 4 is 11.6 Å². The topological polar surface area (TPSA) is 48.5 Å². The van der Waals surface area contributed by atoms with Crippen molar-refractivity contribution in [3.05, 3.63) is 48.8 Å². The van der Waals surface area contributed by atoms with E-state index in [1.54, 1.807) is 11.4 Å². The van der Waals surface area contributed by atoms with Crippen LogP contribution in [0.2, 0.25) is 0 Å². The molecule has 0 aliphatic rings. The lowest BCUT2D eigenvalue weighted by molar-refractivity contribution is -0.143. The fourth-order valence-electron chi connectivity index (χ4n) is 2.16. The highest BCUT2D eigenvalue weighted by Gasteiger charge is 2.10. The summed E-state index contributed by atoms with van der Waals surface area (Å²) in [7, 11) is 0. The lowest BCUT2D eigenvalue weighted by Crippen LogP contribution is -2.12. The summed E-state index contributed by atoms with van der Waals surface area (Å²) in [4.78, 5) is 11.6. The number of hydrogen-bond acceptors (Lipinski definition) is 3. The van der Waals surface area contributed by atoms with Crippen LogP contribution in [0.25, 0.3) is 16.9 Å². The number of esters is 1. The minimum absolute atomic E-state index is 0.199.